The Kier molecular flexibility index (Phi) is 4.28. The molecule has 0 saturated heterocycles. The first-order chi connectivity index (χ1) is 9.20. The number of hydrogen-bond donors (Lipinski definition) is 2. The Balaban J connectivity index is 2.11. The molecule has 0 aliphatic heterocycles. The third kappa shape index (κ3) is 3.40. The first-order valence-electron chi connectivity index (χ1n) is 6.43. The van der Waals surface area contributed by atoms with Gasteiger partial charge in [-0.25, -0.2) is 0 Å². The third-order valence-corrected chi connectivity index (χ3v) is 3.14. The van der Waals surface area contributed by atoms with Gasteiger partial charge in [-0.15, -0.1) is 0 Å². The smallest absolute Gasteiger partial charge is 0.227 e. The van der Waals surface area contributed by atoms with Gasteiger partial charge >= 0.3 is 0 Å². The van der Waals surface area contributed by atoms with Gasteiger partial charge in [0.25, 0.3) is 0 Å². The molecule has 1 aromatic heterocycles. The lowest BCUT2D eigenvalue weighted by Gasteiger charge is -2.10. The third-order valence-electron chi connectivity index (χ3n) is 3.14. The van der Waals surface area contributed by atoms with Gasteiger partial charge < -0.3 is 5.73 Å². The Hall–Kier alpha value is -2.17. The van der Waals surface area contributed by atoms with Gasteiger partial charge in [-0.2, -0.15) is 15.4 Å². The van der Waals surface area contributed by atoms with Crippen molar-refractivity contribution in [2.45, 2.75) is 32.1 Å². The fourth-order valence-electron chi connectivity index (χ4n) is 2.10. The molecule has 1 unspecified atom stereocenters. The van der Waals surface area contributed by atoms with E-state index in [1.165, 1.54) is 5.56 Å². The number of hydrogen-bond acceptors (Lipinski definition) is 3. The molecule has 5 nitrogen and oxygen atoms in total. The van der Waals surface area contributed by atoms with E-state index in [4.69, 9.17) is 5.73 Å². The monoisotopic (exact) mass is 258 g/mol. The minimum atomic E-state index is -0.434. The van der Waals surface area contributed by atoms with Crippen molar-refractivity contribution in [2.24, 2.45) is 5.73 Å². The number of nitrogens with one attached hydrogen (secondary N) is 1. The van der Waals surface area contributed by atoms with Crippen molar-refractivity contribution in [2.75, 3.05) is 0 Å². The minimum absolute atomic E-state index is 0.383. The molecule has 1 atom stereocenters. The van der Waals surface area contributed by atoms with E-state index in [0.717, 1.165) is 18.4 Å². The van der Waals surface area contributed by atoms with Crippen molar-refractivity contribution in [1.82, 2.24) is 15.4 Å². The summed E-state index contributed by atoms with van der Waals surface area (Å²) in [6.45, 7) is 2.15. The maximum atomic E-state index is 11.5. The fraction of sp³-hybridized carbons (Fsp3) is 0.357. The number of aromatic nitrogens is 3. The highest BCUT2D eigenvalue weighted by Crippen LogP contribution is 2.18. The van der Waals surface area contributed by atoms with E-state index in [1.54, 1.807) is 6.20 Å². The van der Waals surface area contributed by atoms with Gasteiger partial charge in [0, 0.05) is 0 Å². The van der Waals surface area contributed by atoms with Gasteiger partial charge in [-0.1, -0.05) is 37.6 Å². The van der Waals surface area contributed by atoms with Crippen molar-refractivity contribution in [3.8, 4) is 0 Å². The van der Waals surface area contributed by atoms with Gasteiger partial charge in [0.1, 0.15) is 0 Å². The predicted octanol–water partition coefficient (Wildman–Crippen LogP) is 1.57. The van der Waals surface area contributed by atoms with Crippen LogP contribution in [0.1, 0.15) is 36.1 Å². The van der Waals surface area contributed by atoms with Crippen LogP contribution in [0.2, 0.25) is 0 Å². The molecule has 1 aromatic carbocycles. The molecule has 1 amide bonds. The Bertz CT molecular complexity index is 519. The van der Waals surface area contributed by atoms with Gasteiger partial charge in [-0.05, 0) is 24.0 Å². The van der Waals surface area contributed by atoms with Crippen LogP contribution in [-0.2, 0) is 17.6 Å². The summed E-state index contributed by atoms with van der Waals surface area (Å²) in [4.78, 5) is 11.5. The Morgan fingerprint density at radius 1 is 1.32 bits per heavy atom. The number of nitrogens with two attached hydrogens (primary N) is 1. The molecule has 5 heteroatoms. The maximum absolute atomic E-state index is 11.5. The quantitative estimate of drug-likeness (QED) is 0.824. The van der Waals surface area contributed by atoms with Crippen molar-refractivity contribution in [3.05, 3.63) is 47.3 Å². The molecular weight excluding hydrogens is 240 g/mol. The van der Waals surface area contributed by atoms with Crippen LogP contribution in [0.25, 0.3) is 0 Å². The van der Waals surface area contributed by atoms with Crippen molar-refractivity contribution in [1.29, 1.82) is 0 Å². The SMILES string of the molecule is CCCc1ccc(CC(C(N)=O)c2cn[nH]n2)cc1. The first kappa shape index (κ1) is 13.3. The molecule has 100 valence electrons. The van der Waals surface area contributed by atoms with Crippen molar-refractivity contribution in [3.63, 3.8) is 0 Å². The van der Waals surface area contributed by atoms with Gasteiger partial charge in [0.2, 0.25) is 5.91 Å². The number of benzene rings is 1. The molecule has 2 rings (SSSR count). The molecule has 0 fully saturated rings. The molecule has 0 aliphatic carbocycles. The van der Waals surface area contributed by atoms with E-state index in [9.17, 15) is 4.79 Å². The molecule has 2 aromatic rings. The zero-order valence-electron chi connectivity index (χ0n) is 11.0. The van der Waals surface area contributed by atoms with E-state index < -0.39 is 5.92 Å². The minimum Gasteiger partial charge on any atom is -0.369 e. The number of carbonyl (C=O) groups excluding carboxylic acids is 1. The van der Waals surface area contributed by atoms with Crippen molar-refractivity contribution >= 4 is 5.91 Å². The molecule has 0 saturated carbocycles. The second-order valence-corrected chi connectivity index (χ2v) is 4.62. The number of primary amides is 1. The number of rotatable bonds is 6. The summed E-state index contributed by atoms with van der Waals surface area (Å²) in [5, 5.41) is 10.2. The average Bonchev–Trinajstić information content (AvgIpc) is 2.91. The lowest BCUT2D eigenvalue weighted by Crippen LogP contribution is -2.23. The summed E-state index contributed by atoms with van der Waals surface area (Å²) < 4.78 is 0. The highest BCUT2D eigenvalue weighted by atomic mass is 16.1. The van der Waals surface area contributed by atoms with Crippen LogP contribution in [-0.4, -0.2) is 21.3 Å². The molecule has 0 radical (unpaired) electrons. The van der Waals surface area contributed by atoms with Crippen LogP contribution in [0.5, 0.6) is 0 Å². The molecule has 19 heavy (non-hydrogen) atoms. The van der Waals surface area contributed by atoms with Crippen LogP contribution in [0.4, 0.5) is 0 Å². The normalized spacial score (nSPS) is 12.3. The molecule has 3 N–H and O–H groups in total. The topological polar surface area (TPSA) is 84.7 Å². The summed E-state index contributed by atoms with van der Waals surface area (Å²) in [7, 11) is 0. The Morgan fingerprint density at radius 3 is 2.53 bits per heavy atom. The van der Waals surface area contributed by atoms with Crippen LogP contribution >= 0.6 is 0 Å². The Labute approximate surface area is 112 Å². The number of aryl methyl sites for hydroxylation is 1. The average molecular weight is 258 g/mol. The highest BCUT2D eigenvalue weighted by molar-refractivity contribution is 5.81. The fourth-order valence-corrected chi connectivity index (χ4v) is 2.10. The Morgan fingerprint density at radius 2 is 2.00 bits per heavy atom. The summed E-state index contributed by atoms with van der Waals surface area (Å²) in [5.41, 5.74) is 8.41. The number of nitrogens with zero attached hydrogens (tertiary/aromatic N) is 2. The second kappa shape index (κ2) is 6.13. The largest absolute Gasteiger partial charge is 0.369 e. The number of carbonyl (C=O) groups is 1. The van der Waals surface area contributed by atoms with Crippen LogP contribution in [0, 0.1) is 0 Å². The lowest BCUT2D eigenvalue weighted by atomic mass is 9.95. The first-order valence-corrected chi connectivity index (χ1v) is 6.43. The van der Waals surface area contributed by atoms with Crippen LogP contribution in [0.15, 0.2) is 30.5 Å². The summed E-state index contributed by atoms with van der Waals surface area (Å²) in [6, 6.07) is 8.28. The van der Waals surface area contributed by atoms with E-state index in [1.807, 2.05) is 12.1 Å². The molecule has 0 spiro atoms. The van der Waals surface area contributed by atoms with Crippen molar-refractivity contribution < 1.29 is 4.79 Å². The summed E-state index contributed by atoms with van der Waals surface area (Å²) in [6.07, 6.45) is 4.29. The van der Waals surface area contributed by atoms with Crippen LogP contribution < -0.4 is 5.73 Å². The standard InChI is InChI=1S/C14H18N4O/c1-2-3-10-4-6-11(7-5-10)8-12(14(15)19)13-9-16-18-17-13/h4-7,9,12H,2-3,8H2,1H3,(H2,15,19)(H,16,17,18). The lowest BCUT2D eigenvalue weighted by molar-refractivity contribution is -0.119. The van der Waals surface area contributed by atoms with Gasteiger partial charge in [-0.3, -0.25) is 4.79 Å². The highest BCUT2D eigenvalue weighted by Gasteiger charge is 2.20. The summed E-state index contributed by atoms with van der Waals surface area (Å²) in [5.74, 6) is -0.817. The number of aromatic amines is 1. The van der Waals surface area contributed by atoms with E-state index in [-0.39, 0.29) is 5.91 Å². The zero-order valence-corrected chi connectivity index (χ0v) is 11.0. The van der Waals surface area contributed by atoms with E-state index in [0.29, 0.717) is 12.1 Å². The van der Waals surface area contributed by atoms with Gasteiger partial charge in [0.05, 0.1) is 17.8 Å². The molecule has 0 bridgehead atoms. The molecular formula is C14H18N4O. The number of amides is 1. The van der Waals surface area contributed by atoms with E-state index >= 15 is 0 Å². The molecule has 1 heterocycles. The van der Waals surface area contributed by atoms with Gasteiger partial charge in [0.15, 0.2) is 0 Å². The van der Waals surface area contributed by atoms with E-state index in [2.05, 4.69) is 34.5 Å². The molecule has 0 aliphatic rings. The summed E-state index contributed by atoms with van der Waals surface area (Å²) >= 11 is 0. The predicted molar refractivity (Wildman–Crippen MR) is 72.5 cm³/mol. The second-order valence-electron chi connectivity index (χ2n) is 4.62. The van der Waals surface area contributed by atoms with Crippen LogP contribution in [0.3, 0.4) is 0 Å². The maximum Gasteiger partial charge on any atom is 0.227 e. The zero-order chi connectivity index (χ0) is 13.7. The number of H-pyrrole nitrogens is 1.